The highest BCUT2D eigenvalue weighted by molar-refractivity contribution is 5.80. The lowest BCUT2D eigenvalue weighted by Gasteiger charge is -2.15. The molecule has 0 fully saturated rings. The number of carbonyl (C=O) groups is 1. The molecular formula is C20H24FNO2. The van der Waals surface area contributed by atoms with Gasteiger partial charge in [-0.2, -0.15) is 0 Å². The van der Waals surface area contributed by atoms with E-state index in [1.165, 1.54) is 17.7 Å². The highest BCUT2D eigenvalue weighted by Crippen LogP contribution is 2.17. The molecule has 0 bridgehead atoms. The number of nitrogens with one attached hydrogen (secondary N) is 1. The summed E-state index contributed by atoms with van der Waals surface area (Å²) in [6.45, 7) is 6.36. The van der Waals surface area contributed by atoms with Crippen LogP contribution in [-0.2, 0) is 11.2 Å². The molecule has 0 aliphatic carbocycles. The predicted octanol–water partition coefficient (Wildman–Crippen LogP) is 3.96. The van der Waals surface area contributed by atoms with E-state index >= 15 is 0 Å². The van der Waals surface area contributed by atoms with Crippen molar-refractivity contribution in [1.82, 2.24) is 5.32 Å². The Balaban J connectivity index is 1.73. The fourth-order valence-corrected chi connectivity index (χ4v) is 2.34. The van der Waals surface area contributed by atoms with E-state index in [-0.39, 0.29) is 11.7 Å². The van der Waals surface area contributed by atoms with Gasteiger partial charge in [-0.05, 0) is 74.6 Å². The fourth-order valence-electron chi connectivity index (χ4n) is 2.34. The minimum absolute atomic E-state index is 0.132. The van der Waals surface area contributed by atoms with Crippen molar-refractivity contribution in [2.45, 2.75) is 39.7 Å². The highest BCUT2D eigenvalue weighted by atomic mass is 19.1. The molecule has 0 aliphatic heterocycles. The number of benzene rings is 2. The monoisotopic (exact) mass is 329 g/mol. The second-order valence-corrected chi connectivity index (χ2v) is 6.03. The Hall–Kier alpha value is -2.36. The second-order valence-electron chi connectivity index (χ2n) is 6.03. The fraction of sp³-hybridized carbons (Fsp3) is 0.350. The molecule has 2 rings (SSSR count). The molecule has 0 saturated heterocycles. The molecule has 1 atom stereocenters. The van der Waals surface area contributed by atoms with Gasteiger partial charge in [-0.15, -0.1) is 0 Å². The van der Waals surface area contributed by atoms with Crippen molar-refractivity contribution < 1.29 is 13.9 Å². The van der Waals surface area contributed by atoms with Gasteiger partial charge < -0.3 is 10.1 Å². The van der Waals surface area contributed by atoms with Crippen LogP contribution in [0.15, 0.2) is 42.5 Å². The number of hydrogen-bond donors (Lipinski definition) is 1. The Morgan fingerprint density at radius 3 is 2.50 bits per heavy atom. The summed E-state index contributed by atoms with van der Waals surface area (Å²) >= 11 is 0. The summed E-state index contributed by atoms with van der Waals surface area (Å²) in [6.07, 6.45) is 1.05. The quantitative estimate of drug-likeness (QED) is 0.781. The number of halogens is 1. The summed E-state index contributed by atoms with van der Waals surface area (Å²) in [6, 6.07) is 12.2. The molecule has 0 heterocycles. The number of rotatable bonds is 7. The lowest BCUT2D eigenvalue weighted by Crippen LogP contribution is -2.36. The number of carbonyl (C=O) groups excluding carboxylic acids is 1. The van der Waals surface area contributed by atoms with Crippen LogP contribution in [0.2, 0.25) is 0 Å². The maximum Gasteiger partial charge on any atom is 0.260 e. The summed E-state index contributed by atoms with van der Waals surface area (Å²) in [4.78, 5) is 12.1. The first kappa shape index (κ1) is 18.0. The third kappa shape index (κ3) is 5.37. The molecule has 0 aliphatic rings. The van der Waals surface area contributed by atoms with E-state index in [1.807, 2.05) is 32.0 Å². The van der Waals surface area contributed by atoms with Crippen molar-refractivity contribution in [3.63, 3.8) is 0 Å². The third-order valence-corrected chi connectivity index (χ3v) is 4.02. The van der Waals surface area contributed by atoms with Gasteiger partial charge >= 0.3 is 0 Å². The molecule has 1 amide bonds. The SMILES string of the molecule is Cc1ccc(O[C@H](C)C(=O)NCCCc2ccc(F)cc2)cc1C. The number of ether oxygens (including phenoxy) is 1. The number of amides is 1. The largest absolute Gasteiger partial charge is 0.481 e. The Labute approximate surface area is 142 Å². The first-order valence-electron chi connectivity index (χ1n) is 8.22. The summed E-state index contributed by atoms with van der Waals surface area (Å²) < 4.78 is 18.5. The van der Waals surface area contributed by atoms with Gasteiger partial charge in [-0.3, -0.25) is 4.79 Å². The van der Waals surface area contributed by atoms with Crippen LogP contribution in [0.1, 0.15) is 30.0 Å². The van der Waals surface area contributed by atoms with E-state index < -0.39 is 6.10 Å². The molecule has 0 unspecified atom stereocenters. The van der Waals surface area contributed by atoms with E-state index in [2.05, 4.69) is 5.32 Å². The first-order valence-corrected chi connectivity index (χ1v) is 8.22. The zero-order chi connectivity index (χ0) is 17.5. The summed E-state index contributed by atoms with van der Waals surface area (Å²) in [7, 11) is 0. The van der Waals surface area contributed by atoms with Gasteiger partial charge in [0.05, 0.1) is 0 Å². The number of hydrogen-bond acceptors (Lipinski definition) is 2. The molecule has 0 saturated carbocycles. The van der Waals surface area contributed by atoms with Gasteiger partial charge in [-0.25, -0.2) is 4.39 Å². The molecule has 24 heavy (non-hydrogen) atoms. The maximum atomic E-state index is 12.8. The van der Waals surface area contributed by atoms with Crippen LogP contribution in [0.5, 0.6) is 5.75 Å². The van der Waals surface area contributed by atoms with E-state index in [0.29, 0.717) is 12.3 Å². The topological polar surface area (TPSA) is 38.3 Å². The average Bonchev–Trinajstić information content (AvgIpc) is 2.56. The van der Waals surface area contributed by atoms with Crippen molar-refractivity contribution in [1.29, 1.82) is 0 Å². The second kappa shape index (κ2) is 8.48. The molecule has 0 aromatic heterocycles. The molecule has 0 spiro atoms. The molecule has 4 heteroatoms. The van der Waals surface area contributed by atoms with E-state index in [4.69, 9.17) is 4.74 Å². The van der Waals surface area contributed by atoms with Crippen molar-refractivity contribution in [3.8, 4) is 5.75 Å². The molecular weight excluding hydrogens is 305 g/mol. The molecule has 0 radical (unpaired) electrons. The van der Waals surface area contributed by atoms with Crippen LogP contribution in [0.4, 0.5) is 4.39 Å². The van der Waals surface area contributed by atoms with E-state index in [1.54, 1.807) is 19.1 Å². The molecule has 128 valence electrons. The van der Waals surface area contributed by atoms with Crippen LogP contribution < -0.4 is 10.1 Å². The Morgan fingerprint density at radius 1 is 1.12 bits per heavy atom. The van der Waals surface area contributed by atoms with Crippen LogP contribution in [0, 0.1) is 19.7 Å². The normalized spacial score (nSPS) is 11.8. The molecule has 3 nitrogen and oxygen atoms in total. The van der Waals surface area contributed by atoms with Crippen LogP contribution in [-0.4, -0.2) is 18.6 Å². The van der Waals surface area contributed by atoms with Crippen LogP contribution >= 0.6 is 0 Å². The van der Waals surface area contributed by atoms with Gasteiger partial charge in [0, 0.05) is 6.54 Å². The summed E-state index contributed by atoms with van der Waals surface area (Å²) in [5, 5.41) is 2.87. The maximum absolute atomic E-state index is 12.8. The minimum Gasteiger partial charge on any atom is -0.481 e. The van der Waals surface area contributed by atoms with Gasteiger partial charge in [0.2, 0.25) is 0 Å². The predicted molar refractivity (Wildman–Crippen MR) is 93.7 cm³/mol. The smallest absolute Gasteiger partial charge is 0.260 e. The number of aryl methyl sites for hydroxylation is 3. The van der Waals surface area contributed by atoms with Gasteiger partial charge in [-0.1, -0.05) is 18.2 Å². The summed E-state index contributed by atoms with van der Waals surface area (Å²) in [5.41, 5.74) is 3.39. The Bertz CT molecular complexity index is 683. The Morgan fingerprint density at radius 2 is 1.83 bits per heavy atom. The van der Waals surface area contributed by atoms with Crippen molar-refractivity contribution in [2.24, 2.45) is 0 Å². The van der Waals surface area contributed by atoms with Crippen molar-refractivity contribution in [2.75, 3.05) is 6.54 Å². The van der Waals surface area contributed by atoms with Crippen molar-refractivity contribution in [3.05, 3.63) is 65.0 Å². The first-order chi connectivity index (χ1) is 11.5. The zero-order valence-corrected chi connectivity index (χ0v) is 14.4. The molecule has 2 aromatic rings. The zero-order valence-electron chi connectivity index (χ0n) is 14.4. The van der Waals surface area contributed by atoms with Gasteiger partial charge in [0.15, 0.2) is 6.10 Å². The van der Waals surface area contributed by atoms with Crippen LogP contribution in [0.25, 0.3) is 0 Å². The molecule has 1 N–H and O–H groups in total. The minimum atomic E-state index is -0.544. The highest BCUT2D eigenvalue weighted by Gasteiger charge is 2.14. The van der Waals surface area contributed by atoms with E-state index in [9.17, 15) is 9.18 Å². The van der Waals surface area contributed by atoms with E-state index in [0.717, 1.165) is 24.0 Å². The van der Waals surface area contributed by atoms with Crippen LogP contribution in [0.3, 0.4) is 0 Å². The summed E-state index contributed by atoms with van der Waals surface area (Å²) in [5.74, 6) is 0.337. The lowest BCUT2D eigenvalue weighted by molar-refractivity contribution is -0.127. The lowest BCUT2D eigenvalue weighted by atomic mass is 10.1. The van der Waals surface area contributed by atoms with Gasteiger partial charge in [0.1, 0.15) is 11.6 Å². The Kier molecular flexibility index (Phi) is 6.36. The van der Waals surface area contributed by atoms with Crippen molar-refractivity contribution >= 4 is 5.91 Å². The average molecular weight is 329 g/mol. The van der Waals surface area contributed by atoms with Gasteiger partial charge in [0.25, 0.3) is 5.91 Å². The molecule has 2 aromatic carbocycles. The standard InChI is InChI=1S/C20H24FNO2/c1-14-6-11-19(13-15(14)2)24-16(3)20(23)22-12-4-5-17-7-9-18(21)10-8-17/h6-11,13,16H,4-5,12H2,1-3H3,(H,22,23)/t16-/m1/s1. The third-order valence-electron chi connectivity index (χ3n) is 4.02.